The van der Waals surface area contributed by atoms with Crippen LogP contribution in [0.15, 0.2) is 73.1 Å². The Morgan fingerprint density at radius 1 is 0.656 bits per heavy atom. The van der Waals surface area contributed by atoms with Crippen LogP contribution in [0.2, 0.25) is 0 Å². The number of aromatic nitrogens is 2. The predicted molar refractivity (Wildman–Crippen MR) is 245 cm³/mol. The number of para-hydroxylation sites is 2. The van der Waals surface area contributed by atoms with Gasteiger partial charge in [-0.3, -0.25) is 30.3 Å². The number of hydrogen-bond acceptors (Lipinski definition) is 10. The average molecular weight is 934 g/mol. The molecule has 4 rings (SSSR count). The van der Waals surface area contributed by atoms with Crippen LogP contribution in [0.25, 0.3) is 21.8 Å². The van der Waals surface area contributed by atoms with Gasteiger partial charge in [0.1, 0.15) is 6.61 Å². The third kappa shape index (κ3) is 35.4. The Hall–Kier alpha value is -3.94. The number of fused-ring (bicyclic) bond motifs is 3. The van der Waals surface area contributed by atoms with E-state index in [2.05, 4.69) is 151 Å². The maximum Gasteiger partial charge on any atom is 0.314 e. The van der Waals surface area contributed by atoms with Crippen LogP contribution in [0.4, 0.5) is 4.79 Å². The molecule has 61 heavy (non-hydrogen) atoms. The molecule has 5 amide bonds. The van der Waals surface area contributed by atoms with Gasteiger partial charge >= 0.3 is 6.03 Å². The van der Waals surface area contributed by atoms with Crippen molar-refractivity contribution in [2.75, 3.05) is 82.5 Å². The third-order valence-electron chi connectivity index (χ3n) is 6.82. The molecule has 17 nitrogen and oxygen atoms in total. The molecule has 345 valence electrons. The quantitative estimate of drug-likeness (QED) is 0.0506. The number of methoxy groups -OCH3 is 2. The summed E-state index contributed by atoms with van der Waals surface area (Å²) in [4.78, 5) is 40.8. The number of nitrogens with zero attached hydrogens (tertiary/aromatic N) is 2. The second-order valence-corrected chi connectivity index (χ2v) is 12.5. The van der Waals surface area contributed by atoms with Crippen LogP contribution < -0.4 is 42.5 Å². The second-order valence-electron chi connectivity index (χ2n) is 12.5. The van der Waals surface area contributed by atoms with Crippen LogP contribution >= 0.6 is 0 Å². The average Bonchev–Trinajstić information content (AvgIpc) is 3.90. The standard InChI is InChI=1S/C15H14N.C7H10N.3C5H12N2O2.C3H8N2O.C3H8.Y/c1-11(2)16-14-9-5-3-7-12(14)13-8-4-6-10-15(13)16;1-7(2)8-5-3-4-6-8;1-6-4-9-3-5(8)7-2;2*1-5(8)7-3-6-4-9-2;1-4-3(6)5-2;1-3-2;/h3-11H,1H2,2H3;3-7H,1H2,2H3;3*6H,3-4H2,1-2H3,(H,7,8);1-2H3,(H2,4,5,6);3H2,1-2H3;/q2*-1;;;;;;/t11-;7-;;;;;;/m00....../s1. The first-order chi connectivity index (χ1) is 28.7. The van der Waals surface area contributed by atoms with E-state index in [1.54, 1.807) is 42.4 Å². The zero-order chi connectivity index (χ0) is 46.1. The van der Waals surface area contributed by atoms with Crippen molar-refractivity contribution in [1.29, 1.82) is 0 Å². The van der Waals surface area contributed by atoms with Crippen LogP contribution in [0.3, 0.4) is 0 Å². The minimum Gasteiger partial charge on any atom is -0.381 e. The van der Waals surface area contributed by atoms with Gasteiger partial charge in [0.15, 0.2) is 0 Å². The van der Waals surface area contributed by atoms with Gasteiger partial charge in [-0.1, -0.05) is 82.6 Å². The van der Waals surface area contributed by atoms with Crippen molar-refractivity contribution in [2.45, 2.75) is 60.0 Å². The van der Waals surface area contributed by atoms with E-state index in [0.717, 1.165) is 0 Å². The summed E-state index contributed by atoms with van der Waals surface area (Å²) in [6, 6.07) is 21.5. The van der Waals surface area contributed by atoms with Crippen molar-refractivity contribution in [2.24, 2.45) is 0 Å². The fourth-order valence-electron chi connectivity index (χ4n) is 4.19. The summed E-state index contributed by atoms with van der Waals surface area (Å²) < 4.78 is 18.5. The van der Waals surface area contributed by atoms with Gasteiger partial charge in [-0.25, -0.2) is 4.79 Å². The minimum absolute atomic E-state index is 0. The first-order valence-corrected chi connectivity index (χ1v) is 19.6. The number of carbonyl (C=O) groups is 4. The zero-order valence-electron chi connectivity index (χ0n) is 38.8. The fourth-order valence-corrected chi connectivity index (χ4v) is 4.19. The molecular weight excluding hydrogens is 857 g/mol. The number of benzene rings is 2. The fraction of sp³-hybridized carbons (Fsp3) is 0.488. The number of ether oxygens (including phenoxy) is 3. The number of carbonyl (C=O) groups excluding carboxylic acids is 4. The van der Waals surface area contributed by atoms with Crippen molar-refractivity contribution in [3.8, 4) is 0 Å². The van der Waals surface area contributed by atoms with E-state index in [0.29, 0.717) is 39.6 Å². The molecule has 1 radical (unpaired) electrons. The van der Waals surface area contributed by atoms with Gasteiger partial charge < -0.3 is 63.8 Å². The summed E-state index contributed by atoms with van der Waals surface area (Å²) in [5.41, 5.74) is 2.54. The molecule has 0 aliphatic rings. The van der Waals surface area contributed by atoms with Crippen LogP contribution in [0, 0.1) is 13.8 Å². The molecular formula is C43H76N10O7Y-2. The van der Waals surface area contributed by atoms with Crippen LogP contribution in [-0.2, 0) is 61.3 Å². The molecule has 18 heteroatoms. The maximum atomic E-state index is 10.4. The van der Waals surface area contributed by atoms with Gasteiger partial charge in [0.05, 0.1) is 33.5 Å². The Bertz CT molecular complexity index is 1560. The predicted octanol–water partition coefficient (Wildman–Crippen LogP) is 4.50. The minimum atomic E-state index is -0.157. The third-order valence-corrected chi connectivity index (χ3v) is 6.82. The Labute approximate surface area is 390 Å². The monoisotopic (exact) mass is 933 g/mol. The number of hydrogen-bond donors (Lipinski definition) is 8. The summed E-state index contributed by atoms with van der Waals surface area (Å²) in [6.45, 7) is 21.7. The van der Waals surface area contributed by atoms with Crippen molar-refractivity contribution in [3.05, 3.63) is 86.9 Å². The van der Waals surface area contributed by atoms with Crippen molar-refractivity contribution >= 4 is 45.6 Å². The van der Waals surface area contributed by atoms with Crippen molar-refractivity contribution in [3.63, 3.8) is 0 Å². The molecule has 2 heterocycles. The summed E-state index contributed by atoms with van der Waals surface area (Å²) in [5, 5.41) is 23.3. The molecule has 0 unspecified atom stereocenters. The Balaban J connectivity index is -0.000000324. The number of likely N-dealkylation sites (N-methyl/N-ethyl adjacent to an activating group) is 1. The van der Waals surface area contributed by atoms with Gasteiger partial charge in [0, 0.05) is 116 Å². The van der Waals surface area contributed by atoms with E-state index >= 15 is 0 Å². The Kier molecular flexibility index (Phi) is 46.1. The molecule has 2 aromatic heterocycles. The largest absolute Gasteiger partial charge is 0.381 e. The van der Waals surface area contributed by atoms with E-state index < -0.39 is 0 Å². The maximum absolute atomic E-state index is 10.4. The van der Waals surface area contributed by atoms with E-state index in [4.69, 9.17) is 4.74 Å². The summed E-state index contributed by atoms with van der Waals surface area (Å²) in [5.74, 6) is -0.192. The topological polar surface area (TPSA) is 202 Å². The van der Waals surface area contributed by atoms with Crippen LogP contribution in [0.5, 0.6) is 0 Å². The zero-order valence-corrected chi connectivity index (χ0v) is 41.6. The van der Waals surface area contributed by atoms with E-state index in [9.17, 15) is 19.2 Å². The molecule has 0 aliphatic carbocycles. The molecule has 4 aromatic rings. The normalized spacial score (nSPS) is 10.3. The SMILES string of the molecule is CCC.CNC(=O)NC.CNCOCC(=O)NC.COCNCNC(C)=O.COCNCNC(C)=O.[CH2-][C@@H](C)n1c2ccccc2c2ccccc21.[CH2-][C@@H](C)n1cccc1.[Y]. The van der Waals surface area contributed by atoms with E-state index in [1.807, 2.05) is 24.5 Å². The summed E-state index contributed by atoms with van der Waals surface area (Å²) in [7, 11) is 9.63. The molecule has 0 saturated carbocycles. The number of amides is 5. The number of urea groups is 1. The van der Waals surface area contributed by atoms with Crippen LogP contribution in [-0.4, -0.2) is 115 Å². The van der Waals surface area contributed by atoms with Gasteiger partial charge in [0.2, 0.25) is 17.7 Å². The molecule has 2 aromatic carbocycles. The van der Waals surface area contributed by atoms with Gasteiger partial charge in [-0.2, -0.15) is 0 Å². The number of rotatable bonds is 14. The van der Waals surface area contributed by atoms with Crippen molar-refractivity contribution in [1.82, 2.24) is 51.7 Å². The van der Waals surface area contributed by atoms with Gasteiger partial charge in [-0.15, -0.1) is 0 Å². The molecule has 0 saturated heterocycles. The van der Waals surface area contributed by atoms with E-state index in [1.165, 1.54) is 42.1 Å². The van der Waals surface area contributed by atoms with Crippen LogP contribution in [0.1, 0.15) is 60.0 Å². The molecule has 0 bridgehead atoms. The number of nitrogens with one attached hydrogen (secondary N) is 8. The Morgan fingerprint density at radius 2 is 1.07 bits per heavy atom. The van der Waals surface area contributed by atoms with Crippen molar-refractivity contribution < 1.29 is 66.1 Å². The molecule has 0 spiro atoms. The summed E-state index contributed by atoms with van der Waals surface area (Å²) >= 11 is 0. The molecule has 0 fully saturated rings. The first kappa shape index (κ1) is 63.7. The van der Waals surface area contributed by atoms with Gasteiger partial charge in [-0.05, 0) is 31.3 Å². The molecule has 2 atom stereocenters. The van der Waals surface area contributed by atoms with Gasteiger partial charge in [0.25, 0.3) is 0 Å². The summed E-state index contributed by atoms with van der Waals surface area (Å²) in [6.07, 6.45) is 5.27. The first-order valence-electron chi connectivity index (χ1n) is 19.6. The molecule has 8 N–H and O–H groups in total. The Morgan fingerprint density at radius 3 is 1.34 bits per heavy atom. The van der Waals surface area contributed by atoms with E-state index in [-0.39, 0.29) is 69.1 Å². The second kappa shape index (κ2) is 44.1. The smallest absolute Gasteiger partial charge is 0.314 e. The molecule has 0 aliphatic heterocycles.